The molecule has 0 spiro atoms. The lowest BCUT2D eigenvalue weighted by molar-refractivity contribution is 0.0616. The number of halogens is 1. The van der Waals surface area contributed by atoms with E-state index in [1.807, 2.05) is 16.8 Å². The van der Waals surface area contributed by atoms with Crippen molar-refractivity contribution in [3.05, 3.63) is 22.4 Å². The molecule has 118 valence electrons. The van der Waals surface area contributed by atoms with E-state index in [9.17, 15) is 4.79 Å². The predicted molar refractivity (Wildman–Crippen MR) is 89.4 cm³/mol. The number of nitrogens with two attached hydrogens (primary N) is 1. The standard InChI is InChI=1S/C16H26BrN3O/c1-3-9-20(14-7-5-13(18)6-8-14)16(21)15-10-12(17)11-19(15)4-2/h10-11,13-14H,3-9,18H2,1-2H3. The molecule has 1 amide bonds. The second-order valence-corrected chi connectivity index (χ2v) is 6.81. The minimum absolute atomic E-state index is 0.157. The Hall–Kier alpha value is -0.810. The summed E-state index contributed by atoms with van der Waals surface area (Å²) in [7, 11) is 0. The Morgan fingerprint density at radius 1 is 1.38 bits per heavy atom. The quantitative estimate of drug-likeness (QED) is 0.879. The third-order valence-corrected chi connectivity index (χ3v) is 4.76. The van der Waals surface area contributed by atoms with Crippen LogP contribution < -0.4 is 5.73 Å². The molecule has 1 aromatic rings. The molecule has 0 bridgehead atoms. The summed E-state index contributed by atoms with van der Waals surface area (Å²) in [5.74, 6) is 0.157. The lowest BCUT2D eigenvalue weighted by atomic mass is 9.90. The molecule has 1 heterocycles. The van der Waals surface area contributed by atoms with Crippen molar-refractivity contribution < 1.29 is 4.79 Å². The van der Waals surface area contributed by atoms with Crippen LogP contribution in [0.1, 0.15) is 56.4 Å². The van der Waals surface area contributed by atoms with Crippen LogP contribution in [0.3, 0.4) is 0 Å². The first-order valence-electron chi connectivity index (χ1n) is 7.99. The van der Waals surface area contributed by atoms with Crippen molar-refractivity contribution >= 4 is 21.8 Å². The highest BCUT2D eigenvalue weighted by atomic mass is 79.9. The Morgan fingerprint density at radius 3 is 2.62 bits per heavy atom. The van der Waals surface area contributed by atoms with Gasteiger partial charge in [0.2, 0.25) is 0 Å². The zero-order chi connectivity index (χ0) is 15.4. The number of carbonyl (C=O) groups is 1. The third-order valence-electron chi connectivity index (χ3n) is 4.33. The number of carbonyl (C=O) groups excluding carboxylic acids is 1. The van der Waals surface area contributed by atoms with Crippen LogP contribution in [0.4, 0.5) is 0 Å². The fraction of sp³-hybridized carbons (Fsp3) is 0.688. The highest BCUT2D eigenvalue weighted by Crippen LogP contribution is 2.25. The fourth-order valence-corrected chi connectivity index (χ4v) is 3.63. The van der Waals surface area contributed by atoms with Crippen LogP contribution in [-0.2, 0) is 6.54 Å². The van der Waals surface area contributed by atoms with Gasteiger partial charge in [0, 0.05) is 35.8 Å². The number of nitrogens with zero attached hydrogens (tertiary/aromatic N) is 2. The van der Waals surface area contributed by atoms with Gasteiger partial charge in [-0.05, 0) is 61.0 Å². The van der Waals surface area contributed by atoms with E-state index < -0.39 is 0 Å². The molecule has 4 nitrogen and oxygen atoms in total. The molecule has 1 saturated carbocycles. The van der Waals surface area contributed by atoms with Crippen molar-refractivity contribution in [2.75, 3.05) is 6.54 Å². The van der Waals surface area contributed by atoms with E-state index in [0.717, 1.165) is 55.4 Å². The molecule has 0 atom stereocenters. The summed E-state index contributed by atoms with van der Waals surface area (Å²) in [5.41, 5.74) is 6.78. The zero-order valence-electron chi connectivity index (χ0n) is 13.0. The average Bonchev–Trinajstić information content (AvgIpc) is 2.86. The van der Waals surface area contributed by atoms with Crippen molar-refractivity contribution in [2.24, 2.45) is 5.73 Å². The topological polar surface area (TPSA) is 51.3 Å². The summed E-state index contributed by atoms with van der Waals surface area (Å²) in [6, 6.07) is 2.59. The van der Waals surface area contributed by atoms with Gasteiger partial charge in [-0.3, -0.25) is 4.79 Å². The van der Waals surface area contributed by atoms with Gasteiger partial charge < -0.3 is 15.2 Å². The van der Waals surface area contributed by atoms with Crippen molar-refractivity contribution in [2.45, 2.75) is 64.6 Å². The normalized spacial score (nSPS) is 22.3. The monoisotopic (exact) mass is 355 g/mol. The van der Waals surface area contributed by atoms with Crippen LogP contribution in [0.5, 0.6) is 0 Å². The summed E-state index contributed by atoms with van der Waals surface area (Å²) in [5, 5.41) is 0. The SMILES string of the molecule is CCCN(C(=O)c1cc(Br)cn1CC)C1CCC(N)CC1. The number of hydrogen-bond acceptors (Lipinski definition) is 2. The highest BCUT2D eigenvalue weighted by Gasteiger charge is 2.29. The third kappa shape index (κ3) is 3.89. The fourth-order valence-electron chi connectivity index (χ4n) is 3.17. The van der Waals surface area contributed by atoms with Gasteiger partial charge in [0.25, 0.3) is 5.91 Å². The molecule has 2 N–H and O–H groups in total. The number of aryl methyl sites for hydroxylation is 1. The first-order valence-corrected chi connectivity index (χ1v) is 8.78. The molecule has 1 aromatic heterocycles. The number of aromatic nitrogens is 1. The molecular formula is C16H26BrN3O. The van der Waals surface area contributed by atoms with Gasteiger partial charge >= 0.3 is 0 Å². The van der Waals surface area contributed by atoms with Gasteiger partial charge in [0.15, 0.2) is 0 Å². The molecule has 2 rings (SSSR count). The molecule has 1 aliphatic carbocycles. The lowest BCUT2D eigenvalue weighted by Crippen LogP contribution is -2.45. The van der Waals surface area contributed by atoms with Gasteiger partial charge in [-0.2, -0.15) is 0 Å². The first kappa shape index (κ1) is 16.6. The molecule has 0 aromatic carbocycles. The van der Waals surface area contributed by atoms with Crippen LogP contribution in [-0.4, -0.2) is 34.0 Å². The van der Waals surface area contributed by atoms with Gasteiger partial charge in [-0.15, -0.1) is 0 Å². The molecule has 0 saturated heterocycles. The second-order valence-electron chi connectivity index (χ2n) is 5.90. The van der Waals surface area contributed by atoms with Crippen molar-refractivity contribution in [3.8, 4) is 0 Å². The second kappa shape index (κ2) is 7.45. The maximum atomic E-state index is 13.0. The van der Waals surface area contributed by atoms with E-state index in [1.165, 1.54) is 0 Å². The largest absolute Gasteiger partial charge is 0.343 e. The summed E-state index contributed by atoms with van der Waals surface area (Å²) >= 11 is 3.48. The molecule has 5 heteroatoms. The molecule has 0 unspecified atom stereocenters. The van der Waals surface area contributed by atoms with E-state index in [0.29, 0.717) is 12.1 Å². The lowest BCUT2D eigenvalue weighted by Gasteiger charge is -2.36. The minimum Gasteiger partial charge on any atom is -0.343 e. The molecule has 1 aliphatic rings. The maximum absolute atomic E-state index is 13.0. The van der Waals surface area contributed by atoms with E-state index in [2.05, 4.69) is 34.7 Å². The summed E-state index contributed by atoms with van der Waals surface area (Å²) < 4.78 is 2.98. The summed E-state index contributed by atoms with van der Waals surface area (Å²) in [4.78, 5) is 15.0. The smallest absolute Gasteiger partial charge is 0.270 e. The Kier molecular flexibility index (Phi) is 5.88. The maximum Gasteiger partial charge on any atom is 0.270 e. The van der Waals surface area contributed by atoms with Crippen LogP contribution >= 0.6 is 15.9 Å². The Bertz CT molecular complexity index is 478. The van der Waals surface area contributed by atoms with Gasteiger partial charge in [-0.25, -0.2) is 0 Å². The first-order chi connectivity index (χ1) is 10.1. The van der Waals surface area contributed by atoms with E-state index in [4.69, 9.17) is 5.73 Å². The van der Waals surface area contributed by atoms with Gasteiger partial charge in [0.05, 0.1) is 0 Å². The molecule has 1 fully saturated rings. The van der Waals surface area contributed by atoms with Crippen molar-refractivity contribution in [1.82, 2.24) is 9.47 Å². The Labute approximate surface area is 135 Å². The van der Waals surface area contributed by atoms with Gasteiger partial charge in [0.1, 0.15) is 5.69 Å². The van der Waals surface area contributed by atoms with Crippen LogP contribution in [0.2, 0.25) is 0 Å². The van der Waals surface area contributed by atoms with Crippen LogP contribution in [0.15, 0.2) is 16.7 Å². The number of hydrogen-bond donors (Lipinski definition) is 1. The highest BCUT2D eigenvalue weighted by molar-refractivity contribution is 9.10. The zero-order valence-corrected chi connectivity index (χ0v) is 14.6. The van der Waals surface area contributed by atoms with E-state index in [1.54, 1.807) is 0 Å². The van der Waals surface area contributed by atoms with Crippen LogP contribution in [0, 0.1) is 0 Å². The van der Waals surface area contributed by atoms with Crippen LogP contribution in [0.25, 0.3) is 0 Å². The minimum atomic E-state index is 0.157. The predicted octanol–water partition coefficient (Wildman–Crippen LogP) is 3.39. The summed E-state index contributed by atoms with van der Waals surface area (Å²) in [6.45, 7) is 5.82. The Morgan fingerprint density at radius 2 is 2.05 bits per heavy atom. The molecule has 21 heavy (non-hydrogen) atoms. The van der Waals surface area contributed by atoms with E-state index >= 15 is 0 Å². The van der Waals surface area contributed by atoms with Crippen molar-refractivity contribution in [1.29, 1.82) is 0 Å². The molecule has 0 radical (unpaired) electrons. The average molecular weight is 356 g/mol. The summed E-state index contributed by atoms with van der Waals surface area (Å²) in [6.07, 6.45) is 7.07. The van der Waals surface area contributed by atoms with E-state index in [-0.39, 0.29) is 5.91 Å². The van der Waals surface area contributed by atoms with Crippen molar-refractivity contribution in [3.63, 3.8) is 0 Å². The van der Waals surface area contributed by atoms with Gasteiger partial charge in [-0.1, -0.05) is 6.92 Å². The number of amides is 1. The Balaban J connectivity index is 2.18. The molecule has 0 aliphatic heterocycles. The molecular weight excluding hydrogens is 330 g/mol. The number of rotatable bonds is 5.